The number of furan rings is 1. The molecule has 0 aliphatic heterocycles. The zero-order valence-corrected chi connectivity index (χ0v) is 8.64. The molecular weight excluding hydrogens is 220 g/mol. The van der Waals surface area contributed by atoms with Gasteiger partial charge in [0.25, 0.3) is 0 Å². The van der Waals surface area contributed by atoms with Crippen LogP contribution in [0.5, 0.6) is 0 Å². The van der Waals surface area contributed by atoms with Gasteiger partial charge in [-0.1, -0.05) is 6.07 Å². The minimum Gasteiger partial charge on any atom is -0.545 e. The molecule has 1 aromatic carbocycles. The van der Waals surface area contributed by atoms with Gasteiger partial charge >= 0.3 is 0 Å². The Balaban J connectivity index is 2.16. The molecule has 0 spiro atoms. The van der Waals surface area contributed by atoms with Crippen molar-refractivity contribution in [3.63, 3.8) is 0 Å². The summed E-state index contributed by atoms with van der Waals surface area (Å²) in [5, 5.41) is 10.7. The topological polar surface area (TPSA) is 81.9 Å². The van der Waals surface area contributed by atoms with Crippen molar-refractivity contribution in [3.05, 3.63) is 42.2 Å². The van der Waals surface area contributed by atoms with Crippen LogP contribution >= 0.6 is 0 Å². The van der Waals surface area contributed by atoms with Gasteiger partial charge in [0, 0.05) is 0 Å². The summed E-state index contributed by atoms with van der Waals surface area (Å²) in [7, 11) is 0. The van der Waals surface area contributed by atoms with Crippen molar-refractivity contribution in [1.82, 2.24) is 9.97 Å². The molecule has 2 aromatic heterocycles. The second-order valence-electron chi connectivity index (χ2n) is 3.58. The Morgan fingerprint density at radius 2 is 2.24 bits per heavy atom. The van der Waals surface area contributed by atoms with E-state index in [1.54, 1.807) is 24.5 Å². The number of fused-ring (bicyclic) bond motifs is 1. The van der Waals surface area contributed by atoms with E-state index in [-0.39, 0.29) is 5.56 Å². The quantitative estimate of drug-likeness (QED) is 0.712. The molecule has 0 amide bonds. The Morgan fingerprint density at radius 3 is 2.94 bits per heavy atom. The number of nitrogens with one attached hydrogen (secondary N) is 1. The number of H-pyrrole nitrogens is 1. The van der Waals surface area contributed by atoms with Crippen molar-refractivity contribution in [1.29, 1.82) is 0 Å². The predicted octanol–water partition coefficient (Wildman–Crippen LogP) is 1.19. The normalized spacial score (nSPS) is 10.8. The number of carboxylic acid groups (broad SMARTS) is 1. The summed E-state index contributed by atoms with van der Waals surface area (Å²) in [4.78, 5) is 18.0. The van der Waals surface area contributed by atoms with Gasteiger partial charge in [0.1, 0.15) is 0 Å². The fourth-order valence-electron chi connectivity index (χ4n) is 1.67. The maximum atomic E-state index is 10.7. The van der Waals surface area contributed by atoms with E-state index in [1.165, 1.54) is 12.1 Å². The van der Waals surface area contributed by atoms with E-state index in [0.717, 1.165) is 0 Å². The number of nitrogens with zero attached hydrogens (tertiary/aromatic N) is 1. The first-order valence-corrected chi connectivity index (χ1v) is 4.99. The molecule has 3 rings (SSSR count). The number of hydrogen-bond donors (Lipinski definition) is 1. The van der Waals surface area contributed by atoms with E-state index in [9.17, 15) is 9.90 Å². The third kappa shape index (κ3) is 1.57. The van der Waals surface area contributed by atoms with Crippen LogP contribution in [0.4, 0.5) is 0 Å². The van der Waals surface area contributed by atoms with Crippen LogP contribution in [-0.4, -0.2) is 15.9 Å². The van der Waals surface area contributed by atoms with Gasteiger partial charge in [-0.2, -0.15) is 0 Å². The van der Waals surface area contributed by atoms with E-state index < -0.39 is 5.97 Å². The summed E-state index contributed by atoms with van der Waals surface area (Å²) in [5.74, 6) is -0.0299. The molecule has 0 atom stereocenters. The first-order valence-electron chi connectivity index (χ1n) is 4.99. The highest BCUT2D eigenvalue weighted by Gasteiger charge is 2.07. The smallest absolute Gasteiger partial charge is 0.174 e. The van der Waals surface area contributed by atoms with Crippen molar-refractivity contribution < 1.29 is 14.3 Å². The van der Waals surface area contributed by atoms with E-state index in [2.05, 4.69) is 9.97 Å². The van der Waals surface area contributed by atoms with Crippen molar-refractivity contribution in [3.8, 4) is 11.6 Å². The van der Waals surface area contributed by atoms with E-state index >= 15 is 0 Å². The number of carbonyl (C=O) groups excluding carboxylic acids is 1. The number of rotatable bonds is 2. The first kappa shape index (κ1) is 9.65. The average molecular weight is 227 g/mol. The Hall–Kier alpha value is -2.56. The number of hydrogen-bond acceptors (Lipinski definition) is 4. The van der Waals surface area contributed by atoms with Crippen LogP contribution in [0.25, 0.3) is 22.6 Å². The monoisotopic (exact) mass is 227 g/mol. The Labute approximate surface area is 95.7 Å². The van der Waals surface area contributed by atoms with Crippen molar-refractivity contribution in [2.24, 2.45) is 0 Å². The van der Waals surface area contributed by atoms with Crippen molar-refractivity contribution >= 4 is 17.0 Å². The summed E-state index contributed by atoms with van der Waals surface area (Å²) < 4.78 is 5.20. The van der Waals surface area contributed by atoms with Gasteiger partial charge in [0.15, 0.2) is 11.6 Å². The molecular formula is C12H7N2O3-. The lowest BCUT2D eigenvalue weighted by Gasteiger charge is -1.99. The third-order valence-electron chi connectivity index (χ3n) is 2.47. The Morgan fingerprint density at radius 1 is 1.35 bits per heavy atom. The molecule has 0 saturated heterocycles. The van der Waals surface area contributed by atoms with Gasteiger partial charge in [-0.15, -0.1) is 0 Å². The van der Waals surface area contributed by atoms with Crippen LogP contribution in [-0.2, 0) is 0 Å². The lowest BCUT2D eigenvalue weighted by atomic mass is 10.2. The molecule has 5 heteroatoms. The number of carboxylic acids is 1. The molecule has 0 aliphatic rings. The summed E-state index contributed by atoms with van der Waals surface area (Å²) in [6, 6.07) is 8.12. The lowest BCUT2D eigenvalue weighted by Crippen LogP contribution is -2.21. The van der Waals surface area contributed by atoms with E-state index in [1.807, 2.05) is 0 Å². The van der Waals surface area contributed by atoms with Crippen LogP contribution < -0.4 is 5.11 Å². The van der Waals surface area contributed by atoms with Gasteiger partial charge in [-0.05, 0) is 29.8 Å². The largest absolute Gasteiger partial charge is 0.545 e. The van der Waals surface area contributed by atoms with E-state index in [0.29, 0.717) is 22.6 Å². The standard InChI is InChI=1S/C12H8N2O3/c15-12(16)7-3-4-8-9(6-7)14-11(13-8)10-2-1-5-17-10/h1-6H,(H,13,14)(H,15,16)/p-1. The summed E-state index contributed by atoms with van der Waals surface area (Å²) in [5.41, 5.74) is 1.44. The molecule has 2 heterocycles. The number of carbonyl (C=O) groups is 1. The second kappa shape index (κ2) is 3.48. The molecule has 0 saturated carbocycles. The van der Waals surface area contributed by atoms with Crippen LogP contribution in [0.15, 0.2) is 41.0 Å². The van der Waals surface area contributed by atoms with E-state index in [4.69, 9.17) is 4.42 Å². The number of aromatic carboxylic acids is 1. The Bertz CT molecular complexity index is 683. The number of aromatic amines is 1. The van der Waals surface area contributed by atoms with Crippen LogP contribution in [0.3, 0.4) is 0 Å². The van der Waals surface area contributed by atoms with Crippen LogP contribution in [0.1, 0.15) is 10.4 Å². The molecule has 84 valence electrons. The molecule has 0 fully saturated rings. The molecule has 3 aromatic rings. The second-order valence-corrected chi connectivity index (χ2v) is 3.58. The molecule has 17 heavy (non-hydrogen) atoms. The summed E-state index contributed by atoms with van der Waals surface area (Å²) in [6.07, 6.45) is 1.55. The summed E-state index contributed by atoms with van der Waals surface area (Å²) in [6.45, 7) is 0. The molecule has 0 unspecified atom stereocenters. The highest BCUT2D eigenvalue weighted by atomic mass is 16.4. The Kier molecular flexibility index (Phi) is 1.98. The van der Waals surface area contributed by atoms with Gasteiger partial charge in [-0.3, -0.25) is 0 Å². The van der Waals surface area contributed by atoms with Crippen LogP contribution in [0, 0.1) is 0 Å². The fourth-order valence-corrected chi connectivity index (χ4v) is 1.67. The van der Waals surface area contributed by atoms with Gasteiger partial charge < -0.3 is 19.3 Å². The van der Waals surface area contributed by atoms with Gasteiger partial charge in [0.2, 0.25) is 0 Å². The first-order chi connectivity index (χ1) is 8.24. The SMILES string of the molecule is O=C([O-])c1ccc2nc(-c3ccco3)[nH]c2c1. The predicted molar refractivity (Wildman–Crippen MR) is 58.1 cm³/mol. The minimum absolute atomic E-state index is 0.118. The zero-order chi connectivity index (χ0) is 11.8. The maximum Gasteiger partial charge on any atom is 0.174 e. The van der Waals surface area contributed by atoms with Crippen LogP contribution in [0.2, 0.25) is 0 Å². The van der Waals surface area contributed by atoms with Gasteiger partial charge in [-0.25, -0.2) is 4.98 Å². The highest BCUT2D eigenvalue weighted by Crippen LogP contribution is 2.21. The van der Waals surface area contributed by atoms with Crippen molar-refractivity contribution in [2.45, 2.75) is 0 Å². The maximum absolute atomic E-state index is 10.7. The molecule has 1 N–H and O–H groups in total. The molecule has 0 radical (unpaired) electrons. The fraction of sp³-hybridized carbons (Fsp3) is 0. The summed E-state index contributed by atoms with van der Waals surface area (Å²) >= 11 is 0. The highest BCUT2D eigenvalue weighted by molar-refractivity contribution is 5.91. The molecule has 0 aliphatic carbocycles. The number of imidazole rings is 1. The molecule has 0 bridgehead atoms. The lowest BCUT2D eigenvalue weighted by molar-refractivity contribution is -0.255. The number of aromatic nitrogens is 2. The average Bonchev–Trinajstić information content (AvgIpc) is 2.96. The van der Waals surface area contributed by atoms with Crippen molar-refractivity contribution in [2.75, 3.05) is 0 Å². The van der Waals surface area contributed by atoms with Gasteiger partial charge in [0.05, 0.1) is 23.3 Å². The minimum atomic E-state index is -1.21. The molecule has 5 nitrogen and oxygen atoms in total. The zero-order valence-electron chi connectivity index (χ0n) is 8.64. The third-order valence-corrected chi connectivity index (χ3v) is 2.47. The number of benzene rings is 1.